The van der Waals surface area contributed by atoms with Crippen molar-refractivity contribution in [2.24, 2.45) is 0 Å². The summed E-state index contributed by atoms with van der Waals surface area (Å²) in [5.41, 5.74) is 0.548. The Hall–Kier alpha value is -2.94. The van der Waals surface area contributed by atoms with Gasteiger partial charge in [-0.15, -0.1) is 0 Å². The number of carbonyl (C=O) groups is 1. The Bertz CT molecular complexity index is 695. The molecular formula is C14H9FN2O3. The molecule has 100 valence electrons. The molecule has 0 aliphatic heterocycles. The molecule has 0 spiro atoms. The molecular weight excluding hydrogens is 263 g/mol. The lowest BCUT2D eigenvalue weighted by molar-refractivity contribution is 0.0696. The van der Waals surface area contributed by atoms with E-state index in [1.807, 2.05) is 0 Å². The minimum atomic E-state index is -1.10. The van der Waals surface area contributed by atoms with Crippen LogP contribution in [-0.2, 0) is 6.61 Å². The number of carboxylic acid groups (broad SMARTS) is 1. The fourth-order valence-corrected chi connectivity index (χ4v) is 1.53. The van der Waals surface area contributed by atoms with Gasteiger partial charge in [-0.25, -0.2) is 9.18 Å². The van der Waals surface area contributed by atoms with E-state index in [1.54, 1.807) is 6.07 Å². The van der Waals surface area contributed by atoms with Crippen LogP contribution in [0.4, 0.5) is 4.39 Å². The summed E-state index contributed by atoms with van der Waals surface area (Å²) >= 11 is 0. The Kier molecular flexibility index (Phi) is 3.91. The SMILES string of the molecule is N#Cc1cc(COc2cncc(C(=O)O)c2)ccc1F. The van der Waals surface area contributed by atoms with Crippen LogP contribution in [0, 0.1) is 17.1 Å². The summed E-state index contributed by atoms with van der Waals surface area (Å²) in [5.74, 6) is -1.41. The molecule has 2 rings (SSSR count). The zero-order chi connectivity index (χ0) is 14.5. The van der Waals surface area contributed by atoms with Gasteiger partial charge in [0.1, 0.15) is 24.2 Å². The number of halogens is 1. The van der Waals surface area contributed by atoms with E-state index in [2.05, 4.69) is 4.98 Å². The Morgan fingerprint density at radius 2 is 2.20 bits per heavy atom. The van der Waals surface area contributed by atoms with Crippen LogP contribution in [0.5, 0.6) is 5.75 Å². The van der Waals surface area contributed by atoms with E-state index in [4.69, 9.17) is 15.1 Å². The number of rotatable bonds is 4. The van der Waals surface area contributed by atoms with E-state index in [0.717, 1.165) is 0 Å². The van der Waals surface area contributed by atoms with E-state index < -0.39 is 11.8 Å². The molecule has 0 unspecified atom stereocenters. The van der Waals surface area contributed by atoms with Crippen LogP contribution in [0.1, 0.15) is 21.5 Å². The summed E-state index contributed by atoms with van der Waals surface area (Å²) in [6.07, 6.45) is 2.59. The zero-order valence-corrected chi connectivity index (χ0v) is 10.2. The molecule has 0 saturated carbocycles. The van der Waals surface area contributed by atoms with E-state index in [0.29, 0.717) is 5.56 Å². The van der Waals surface area contributed by atoms with Gasteiger partial charge < -0.3 is 9.84 Å². The second-order valence-electron chi connectivity index (χ2n) is 3.93. The molecule has 6 heteroatoms. The number of nitriles is 1. The smallest absolute Gasteiger partial charge is 0.337 e. The second-order valence-corrected chi connectivity index (χ2v) is 3.93. The number of benzene rings is 1. The van der Waals surface area contributed by atoms with Crippen molar-refractivity contribution in [3.63, 3.8) is 0 Å². The Balaban J connectivity index is 2.11. The molecule has 0 amide bonds. The maximum atomic E-state index is 13.1. The van der Waals surface area contributed by atoms with Crippen LogP contribution in [0.3, 0.4) is 0 Å². The number of aromatic nitrogens is 1. The molecule has 1 heterocycles. The van der Waals surface area contributed by atoms with Crippen molar-refractivity contribution < 1.29 is 19.0 Å². The number of pyridine rings is 1. The number of carboxylic acids is 1. The highest BCUT2D eigenvalue weighted by Crippen LogP contribution is 2.15. The van der Waals surface area contributed by atoms with Gasteiger partial charge in [-0.2, -0.15) is 5.26 Å². The van der Waals surface area contributed by atoms with Gasteiger partial charge in [0.2, 0.25) is 0 Å². The Labute approximate surface area is 113 Å². The fourth-order valence-electron chi connectivity index (χ4n) is 1.53. The summed E-state index contributed by atoms with van der Waals surface area (Å²) in [6.45, 7) is 0.0830. The normalized spacial score (nSPS) is 9.80. The van der Waals surface area contributed by atoms with Gasteiger partial charge in [0.15, 0.2) is 0 Å². The van der Waals surface area contributed by atoms with Crippen LogP contribution in [-0.4, -0.2) is 16.1 Å². The summed E-state index contributed by atoms with van der Waals surface area (Å²) < 4.78 is 18.5. The Morgan fingerprint density at radius 1 is 1.40 bits per heavy atom. The third kappa shape index (κ3) is 3.09. The molecule has 1 aromatic heterocycles. The first-order valence-corrected chi connectivity index (χ1v) is 5.60. The van der Waals surface area contributed by atoms with E-state index >= 15 is 0 Å². The first-order valence-electron chi connectivity index (χ1n) is 5.60. The van der Waals surface area contributed by atoms with E-state index in [1.165, 1.54) is 36.7 Å². The van der Waals surface area contributed by atoms with Crippen LogP contribution in [0.2, 0.25) is 0 Å². The van der Waals surface area contributed by atoms with Crippen LogP contribution in [0.15, 0.2) is 36.7 Å². The van der Waals surface area contributed by atoms with Gasteiger partial charge in [0.05, 0.1) is 17.3 Å². The van der Waals surface area contributed by atoms with E-state index in [-0.39, 0.29) is 23.5 Å². The highest BCUT2D eigenvalue weighted by Gasteiger charge is 2.06. The largest absolute Gasteiger partial charge is 0.487 e. The standard InChI is InChI=1S/C14H9FN2O3/c15-13-2-1-9(3-10(13)5-16)8-20-12-4-11(14(18)19)6-17-7-12/h1-4,6-7H,8H2,(H,18,19). The van der Waals surface area contributed by atoms with Crippen molar-refractivity contribution >= 4 is 5.97 Å². The van der Waals surface area contributed by atoms with Gasteiger partial charge in [-0.05, 0) is 23.8 Å². The van der Waals surface area contributed by atoms with Gasteiger partial charge in [0, 0.05) is 6.20 Å². The minimum absolute atomic E-state index is 0.0133. The first-order chi connectivity index (χ1) is 9.60. The molecule has 1 N–H and O–H groups in total. The predicted octanol–water partition coefficient (Wildman–Crippen LogP) is 2.37. The van der Waals surface area contributed by atoms with Crippen molar-refractivity contribution in [2.45, 2.75) is 6.61 Å². The van der Waals surface area contributed by atoms with Gasteiger partial charge in [-0.1, -0.05) is 6.07 Å². The third-order valence-electron chi connectivity index (χ3n) is 2.52. The lowest BCUT2D eigenvalue weighted by Crippen LogP contribution is -2.01. The van der Waals surface area contributed by atoms with Crippen molar-refractivity contribution in [1.29, 1.82) is 5.26 Å². The highest BCUT2D eigenvalue weighted by atomic mass is 19.1. The summed E-state index contributed by atoms with van der Waals surface area (Å²) in [5, 5.41) is 17.5. The number of ether oxygens (including phenoxy) is 1. The van der Waals surface area contributed by atoms with Crippen molar-refractivity contribution in [3.05, 3.63) is 59.2 Å². The lowest BCUT2D eigenvalue weighted by atomic mass is 10.1. The predicted molar refractivity (Wildman–Crippen MR) is 66.6 cm³/mol. The molecule has 0 fully saturated rings. The van der Waals surface area contributed by atoms with Crippen molar-refractivity contribution in [2.75, 3.05) is 0 Å². The van der Waals surface area contributed by atoms with Gasteiger partial charge >= 0.3 is 5.97 Å². The van der Waals surface area contributed by atoms with Crippen molar-refractivity contribution in [1.82, 2.24) is 4.98 Å². The van der Waals surface area contributed by atoms with Crippen LogP contribution >= 0.6 is 0 Å². The number of nitrogens with zero attached hydrogens (tertiary/aromatic N) is 2. The van der Waals surface area contributed by atoms with Gasteiger partial charge in [0.25, 0.3) is 0 Å². The summed E-state index contributed by atoms with van der Waals surface area (Å²) in [4.78, 5) is 14.5. The topological polar surface area (TPSA) is 83.2 Å². The third-order valence-corrected chi connectivity index (χ3v) is 2.52. The molecule has 5 nitrogen and oxygen atoms in total. The molecule has 0 atom stereocenters. The monoisotopic (exact) mass is 272 g/mol. The molecule has 2 aromatic rings. The average Bonchev–Trinajstić information content (AvgIpc) is 2.46. The first kappa shape index (κ1) is 13.5. The molecule has 0 radical (unpaired) electrons. The number of aromatic carboxylic acids is 1. The van der Waals surface area contributed by atoms with E-state index in [9.17, 15) is 9.18 Å². The second kappa shape index (κ2) is 5.80. The molecule has 0 aliphatic carbocycles. The van der Waals surface area contributed by atoms with Gasteiger partial charge in [-0.3, -0.25) is 4.98 Å². The molecule has 0 saturated heterocycles. The highest BCUT2D eigenvalue weighted by molar-refractivity contribution is 5.87. The number of hydrogen-bond donors (Lipinski definition) is 1. The maximum Gasteiger partial charge on any atom is 0.337 e. The van der Waals surface area contributed by atoms with Crippen molar-refractivity contribution in [3.8, 4) is 11.8 Å². The fraction of sp³-hybridized carbons (Fsp3) is 0.0714. The lowest BCUT2D eigenvalue weighted by Gasteiger charge is -2.07. The molecule has 1 aromatic carbocycles. The molecule has 20 heavy (non-hydrogen) atoms. The summed E-state index contributed by atoms with van der Waals surface area (Å²) in [7, 11) is 0. The van der Waals surface area contributed by atoms with Crippen LogP contribution in [0.25, 0.3) is 0 Å². The number of hydrogen-bond acceptors (Lipinski definition) is 4. The Morgan fingerprint density at radius 3 is 2.90 bits per heavy atom. The maximum absolute atomic E-state index is 13.1. The quantitative estimate of drug-likeness (QED) is 0.923. The molecule has 0 bridgehead atoms. The molecule has 0 aliphatic rings. The van der Waals surface area contributed by atoms with Crippen LogP contribution < -0.4 is 4.74 Å². The minimum Gasteiger partial charge on any atom is -0.487 e. The summed E-state index contributed by atoms with van der Waals surface area (Å²) in [6, 6.07) is 7.13. The average molecular weight is 272 g/mol. The zero-order valence-electron chi connectivity index (χ0n) is 10.2.